The van der Waals surface area contributed by atoms with E-state index < -0.39 is 17.5 Å². The van der Waals surface area contributed by atoms with E-state index in [1.165, 1.54) is 0 Å². The minimum absolute atomic E-state index is 0.0461. The van der Waals surface area contributed by atoms with Crippen LogP contribution in [-0.4, -0.2) is 34.9 Å². The van der Waals surface area contributed by atoms with Crippen molar-refractivity contribution in [2.75, 3.05) is 6.54 Å². The third kappa shape index (κ3) is 4.46. The molecule has 162 valence electrons. The molecule has 1 saturated carbocycles. The highest BCUT2D eigenvalue weighted by Gasteiger charge is 2.52. The fourth-order valence-corrected chi connectivity index (χ4v) is 4.39. The highest BCUT2D eigenvalue weighted by Crippen LogP contribution is 2.35. The van der Waals surface area contributed by atoms with Crippen molar-refractivity contribution in [1.29, 1.82) is 0 Å². The highest BCUT2D eigenvalue weighted by molar-refractivity contribution is 6.08. The minimum Gasteiger partial charge on any atom is -0.322 e. The molecule has 1 aliphatic carbocycles. The van der Waals surface area contributed by atoms with Gasteiger partial charge in [0.25, 0.3) is 11.8 Å². The van der Waals surface area contributed by atoms with Gasteiger partial charge in [0.05, 0.1) is 12.6 Å². The van der Waals surface area contributed by atoms with Crippen LogP contribution >= 0.6 is 0 Å². The average Bonchev–Trinajstić information content (AvgIpc) is 3.01. The largest absolute Gasteiger partial charge is 0.344 e. The van der Waals surface area contributed by atoms with Gasteiger partial charge in [-0.2, -0.15) is 5.01 Å². The van der Waals surface area contributed by atoms with Crippen molar-refractivity contribution in [2.24, 2.45) is 5.92 Å². The first kappa shape index (κ1) is 21.1. The molecule has 1 aliphatic heterocycles. The summed E-state index contributed by atoms with van der Waals surface area (Å²) in [7, 11) is 0. The van der Waals surface area contributed by atoms with Crippen molar-refractivity contribution >= 4 is 17.8 Å². The molecule has 2 aromatic carbocycles. The summed E-state index contributed by atoms with van der Waals surface area (Å²) in [4.78, 5) is 38.0. The fraction of sp³-hybridized carbons (Fsp3) is 0.375. The third-order valence-corrected chi connectivity index (χ3v) is 6.26. The SMILES string of the molecule is CC1CCC2(CC1)NC(=O)N(NC(=O)CNC(c1ccccc1)c1ccccc1)C2=O. The highest BCUT2D eigenvalue weighted by atomic mass is 16.2. The molecule has 0 radical (unpaired) electrons. The molecule has 7 heteroatoms. The van der Waals surface area contributed by atoms with Gasteiger partial charge in [0.15, 0.2) is 0 Å². The van der Waals surface area contributed by atoms with Crippen LogP contribution in [0.25, 0.3) is 0 Å². The summed E-state index contributed by atoms with van der Waals surface area (Å²) in [5.74, 6) is -0.266. The van der Waals surface area contributed by atoms with Gasteiger partial charge in [-0.3, -0.25) is 20.3 Å². The zero-order valence-corrected chi connectivity index (χ0v) is 17.6. The fourth-order valence-electron chi connectivity index (χ4n) is 4.39. The van der Waals surface area contributed by atoms with Gasteiger partial charge in [0.2, 0.25) is 0 Å². The Bertz CT molecular complexity index is 900. The maximum absolute atomic E-state index is 12.9. The van der Waals surface area contributed by atoms with Crippen molar-refractivity contribution in [2.45, 2.75) is 44.2 Å². The Morgan fingerprint density at radius 1 is 1.03 bits per heavy atom. The number of hydrogen-bond donors (Lipinski definition) is 3. The molecule has 2 fully saturated rings. The van der Waals surface area contributed by atoms with Crippen molar-refractivity contribution in [3.05, 3.63) is 71.8 Å². The number of nitrogens with zero attached hydrogens (tertiary/aromatic N) is 1. The molecule has 7 nitrogen and oxygen atoms in total. The molecule has 0 aromatic heterocycles. The summed E-state index contributed by atoms with van der Waals surface area (Å²) < 4.78 is 0. The molecular weight excluding hydrogens is 392 g/mol. The van der Waals surface area contributed by atoms with Crippen LogP contribution in [0.2, 0.25) is 0 Å². The number of imide groups is 1. The topological polar surface area (TPSA) is 90.5 Å². The molecule has 1 spiro atoms. The van der Waals surface area contributed by atoms with Crippen LogP contribution < -0.4 is 16.1 Å². The number of benzene rings is 2. The van der Waals surface area contributed by atoms with Crippen LogP contribution in [-0.2, 0) is 9.59 Å². The monoisotopic (exact) mass is 420 g/mol. The average molecular weight is 421 g/mol. The molecule has 4 rings (SSSR count). The number of nitrogens with one attached hydrogen (secondary N) is 3. The number of urea groups is 1. The minimum atomic E-state index is -0.874. The molecule has 4 amide bonds. The smallest absolute Gasteiger partial charge is 0.322 e. The van der Waals surface area contributed by atoms with E-state index in [4.69, 9.17) is 0 Å². The summed E-state index contributed by atoms with van der Waals surface area (Å²) in [6.07, 6.45) is 2.97. The maximum atomic E-state index is 12.9. The first-order valence-corrected chi connectivity index (χ1v) is 10.8. The molecule has 0 unspecified atom stereocenters. The van der Waals surface area contributed by atoms with Gasteiger partial charge in [-0.25, -0.2) is 4.79 Å². The lowest BCUT2D eigenvalue weighted by Crippen LogP contribution is -2.52. The second-order valence-corrected chi connectivity index (χ2v) is 8.51. The van der Waals surface area contributed by atoms with Gasteiger partial charge in [-0.1, -0.05) is 67.6 Å². The molecule has 3 N–H and O–H groups in total. The Kier molecular flexibility index (Phi) is 6.04. The predicted molar refractivity (Wildman–Crippen MR) is 117 cm³/mol. The molecule has 0 atom stereocenters. The van der Waals surface area contributed by atoms with Crippen LogP contribution in [0.1, 0.15) is 49.8 Å². The summed E-state index contributed by atoms with van der Waals surface area (Å²) in [5, 5.41) is 6.91. The maximum Gasteiger partial charge on any atom is 0.344 e. The Hall–Kier alpha value is -3.19. The zero-order chi connectivity index (χ0) is 21.8. The summed E-state index contributed by atoms with van der Waals surface area (Å²) in [6.45, 7) is 2.10. The lowest BCUT2D eigenvalue weighted by Gasteiger charge is -2.33. The van der Waals surface area contributed by atoms with E-state index >= 15 is 0 Å². The Balaban J connectivity index is 1.41. The lowest BCUT2D eigenvalue weighted by atomic mass is 9.77. The Labute approximate surface area is 182 Å². The number of carbonyl (C=O) groups excluding carboxylic acids is 3. The first-order valence-electron chi connectivity index (χ1n) is 10.8. The third-order valence-electron chi connectivity index (χ3n) is 6.26. The summed E-state index contributed by atoms with van der Waals surface area (Å²) >= 11 is 0. The molecule has 0 bridgehead atoms. The molecule has 2 aromatic rings. The Morgan fingerprint density at radius 2 is 1.58 bits per heavy atom. The van der Waals surface area contributed by atoms with Crippen LogP contribution in [0.4, 0.5) is 4.79 Å². The van der Waals surface area contributed by atoms with E-state index in [1.807, 2.05) is 60.7 Å². The quantitative estimate of drug-likeness (QED) is 0.627. The van der Waals surface area contributed by atoms with Crippen molar-refractivity contribution in [1.82, 2.24) is 21.1 Å². The lowest BCUT2D eigenvalue weighted by molar-refractivity contribution is -0.139. The van der Waals surface area contributed by atoms with E-state index in [0.717, 1.165) is 29.0 Å². The summed E-state index contributed by atoms with van der Waals surface area (Å²) in [6, 6.07) is 18.9. The molecule has 2 aliphatic rings. The number of hydrogen-bond acceptors (Lipinski definition) is 4. The van der Waals surface area contributed by atoms with E-state index in [2.05, 4.69) is 23.0 Å². The van der Waals surface area contributed by atoms with Crippen molar-refractivity contribution < 1.29 is 14.4 Å². The predicted octanol–water partition coefficient (Wildman–Crippen LogP) is 2.90. The molecule has 31 heavy (non-hydrogen) atoms. The van der Waals surface area contributed by atoms with E-state index in [1.54, 1.807) is 0 Å². The van der Waals surface area contributed by atoms with Crippen LogP contribution in [0.5, 0.6) is 0 Å². The number of rotatable bonds is 6. The van der Waals surface area contributed by atoms with Gasteiger partial charge in [0, 0.05) is 0 Å². The standard InChI is InChI=1S/C24H28N4O3/c1-17-12-14-24(15-13-17)22(30)28(23(31)26-24)27-20(29)16-25-21(18-8-4-2-5-9-18)19-10-6-3-7-11-19/h2-11,17,21,25H,12-16H2,1H3,(H,26,31)(H,27,29). The normalized spacial score (nSPS) is 23.3. The van der Waals surface area contributed by atoms with E-state index in [-0.39, 0.29) is 18.5 Å². The van der Waals surface area contributed by atoms with Gasteiger partial charge in [-0.15, -0.1) is 0 Å². The van der Waals surface area contributed by atoms with E-state index in [0.29, 0.717) is 18.8 Å². The number of amides is 4. The number of carbonyl (C=O) groups is 3. The zero-order valence-electron chi connectivity index (χ0n) is 17.6. The first-order chi connectivity index (χ1) is 15.0. The van der Waals surface area contributed by atoms with Gasteiger partial charge < -0.3 is 5.32 Å². The molecule has 1 heterocycles. The van der Waals surface area contributed by atoms with Crippen LogP contribution in [0.3, 0.4) is 0 Å². The summed E-state index contributed by atoms with van der Waals surface area (Å²) in [5.41, 5.74) is 3.66. The van der Waals surface area contributed by atoms with Crippen LogP contribution in [0.15, 0.2) is 60.7 Å². The van der Waals surface area contributed by atoms with E-state index in [9.17, 15) is 14.4 Å². The Morgan fingerprint density at radius 3 is 2.13 bits per heavy atom. The second kappa shape index (κ2) is 8.89. The molecule has 1 saturated heterocycles. The van der Waals surface area contributed by atoms with Gasteiger partial charge in [-0.05, 0) is 42.7 Å². The van der Waals surface area contributed by atoms with Gasteiger partial charge in [0.1, 0.15) is 5.54 Å². The number of hydrazine groups is 1. The molecular formula is C24H28N4O3. The van der Waals surface area contributed by atoms with Gasteiger partial charge >= 0.3 is 6.03 Å². The second-order valence-electron chi connectivity index (χ2n) is 8.51. The van der Waals surface area contributed by atoms with Crippen molar-refractivity contribution in [3.63, 3.8) is 0 Å². The van der Waals surface area contributed by atoms with Crippen LogP contribution in [0, 0.1) is 5.92 Å². The van der Waals surface area contributed by atoms with Crippen molar-refractivity contribution in [3.8, 4) is 0 Å².